The lowest BCUT2D eigenvalue weighted by Crippen LogP contribution is -2.12. The van der Waals surface area contributed by atoms with Crippen molar-refractivity contribution in [2.45, 2.75) is 37.5 Å². The van der Waals surface area contributed by atoms with Crippen molar-refractivity contribution in [2.24, 2.45) is 5.14 Å². The summed E-state index contributed by atoms with van der Waals surface area (Å²) in [5.41, 5.74) is 0. The zero-order valence-electron chi connectivity index (χ0n) is 10.4. The fourth-order valence-electron chi connectivity index (χ4n) is 1.49. The third-order valence-corrected chi connectivity index (χ3v) is 3.69. The highest BCUT2D eigenvalue weighted by molar-refractivity contribution is 7.89. The normalized spacial score (nSPS) is 11.5. The fourth-order valence-corrected chi connectivity index (χ4v) is 2.33. The van der Waals surface area contributed by atoms with E-state index in [2.05, 4.69) is 6.92 Å². The standard InChI is InChI=1S/C12H18ClNO3S/c1-2-3-4-5-8-17-12-7-6-10(9-11(12)13)18(14,15)16/h6-7,9H,2-5,8H2,1H3,(H2,14,15,16). The molecular formula is C12H18ClNO3S. The summed E-state index contributed by atoms with van der Waals surface area (Å²) in [5, 5.41) is 5.26. The van der Waals surface area contributed by atoms with Crippen molar-refractivity contribution < 1.29 is 13.2 Å². The first-order valence-electron chi connectivity index (χ1n) is 5.90. The molecule has 2 N–H and O–H groups in total. The minimum absolute atomic E-state index is 0.00849. The molecule has 0 aromatic heterocycles. The second-order valence-electron chi connectivity index (χ2n) is 4.05. The molecule has 1 aromatic carbocycles. The number of ether oxygens (including phenoxy) is 1. The molecule has 0 heterocycles. The highest BCUT2D eigenvalue weighted by atomic mass is 35.5. The van der Waals surface area contributed by atoms with Crippen LogP contribution in [-0.4, -0.2) is 15.0 Å². The number of hydrogen-bond acceptors (Lipinski definition) is 3. The van der Waals surface area contributed by atoms with Crippen LogP contribution >= 0.6 is 11.6 Å². The first-order chi connectivity index (χ1) is 8.45. The predicted octanol–water partition coefficient (Wildman–Crippen LogP) is 2.95. The summed E-state index contributed by atoms with van der Waals surface area (Å²) in [4.78, 5) is -0.00849. The number of halogens is 1. The summed E-state index contributed by atoms with van der Waals surface area (Å²) in [7, 11) is -3.71. The van der Waals surface area contributed by atoms with Gasteiger partial charge in [0.1, 0.15) is 5.75 Å². The summed E-state index contributed by atoms with van der Waals surface area (Å²) in [5.74, 6) is 0.487. The maximum atomic E-state index is 11.1. The number of benzene rings is 1. The van der Waals surface area contributed by atoms with E-state index in [-0.39, 0.29) is 9.92 Å². The second kappa shape index (κ2) is 6.97. The number of primary sulfonamides is 1. The molecule has 0 spiro atoms. The Morgan fingerprint density at radius 3 is 2.56 bits per heavy atom. The summed E-state index contributed by atoms with van der Waals surface area (Å²) in [6.45, 7) is 2.72. The van der Waals surface area contributed by atoms with Gasteiger partial charge in [-0.3, -0.25) is 0 Å². The molecule has 18 heavy (non-hydrogen) atoms. The van der Waals surface area contributed by atoms with Crippen molar-refractivity contribution in [3.8, 4) is 5.75 Å². The Bertz CT molecular complexity index is 488. The van der Waals surface area contributed by atoms with Crippen LogP contribution in [0.2, 0.25) is 5.02 Å². The molecule has 6 heteroatoms. The van der Waals surface area contributed by atoms with E-state index in [0.717, 1.165) is 12.8 Å². The summed E-state index contributed by atoms with van der Waals surface area (Å²) in [6, 6.07) is 4.22. The second-order valence-corrected chi connectivity index (χ2v) is 6.01. The molecule has 0 aliphatic rings. The smallest absolute Gasteiger partial charge is 0.238 e. The van der Waals surface area contributed by atoms with Gasteiger partial charge >= 0.3 is 0 Å². The molecule has 0 saturated heterocycles. The van der Waals surface area contributed by atoms with Gasteiger partial charge in [0.2, 0.25) is 10.0 Å². The molecule has 0 bridgehead atoms. The Balaban J connectivity index is 2.58. The number of nitrogens with two attached hydrogens (primary N) is 1. The van der Waals surface area contributed by atoms with Crippen molar-refractivity contribution in [3.63, 3.8) is 0 Å². The van der Waals surface area contributed by atoms with Gasteiger partial charge in [0.15, 0.2) is 0 Å². The minimum Gasteiger partial charge on any atom is -0.492 e. The van der Waals surface area contributed by atoms with Crippen LogP contribution in [0, 0.1) is 0 Å². The molecule has 0 atom stereocenters. The first-order valence-corrected chi connectivity index (χ1v) is 7.82. The molecule has 0 aliphatic heterocycles. The lowest BCUT2D eigenvalue weighted by atomic mass is 10.2. The molecule has 1 rings (SSSR count). The molecule has 102 valence electrons. The molecule has 0 amide bonds. The SMILES string of the molecule is CCCCCCOc1ccc(S(N)(=O)=O)cc1Cl. The number of hydrogen-bond donors (Lipinski definition) is 1. The summed E-state index contributed by atoms with van der Waals surface area (Å²) >= 11 is 5.93. The zero-order chi connectivity index (χ0) is 13.6. The Morgan fingerprint density at radius 1 is 1.28 bits per heavy atom. The lowest BCUT2D eigenvalue weighted by Gasteiger charge is -2.08. The molecule has 0 saturated carbocycles. The summed E-state index contributed by atoms with van der Waals surface area (Å²) < 4.78 is 27.7. The maximum Gasteiger partial charge on any atom is 0.238 e. The largest absolute Gasteiger partial charge is 0.492 e. The van der Waals surface area contributed by atoms with Gasteiger partial charge in [-0.15, -0.1) is 0 Å². The zero-order valence-corrected chi connectivity index (χ0v) is 11.9. The van der Waals surface area contributed by atoms with E-state index >= 15 is 0 Å². The topological polar surface area (TPSA) is 69.4 Å². The quantitative estimate of drug-likeness (QED) is 0.785. The highest BCUT2D eigenvalue weighted by Gasteiger charge is 2.10. The number of sulfonamides is 1. The van der Waals surface area contributed by atoms with Crippen LogP contribution in [-0.2, 0) is 10.0 Å². The third kappa shape index (κ3) is 4.84. The minimum atomic E-state index is -3.71. The van der Waals surface area contributed by atoms with E-state index in [1.54, 1.807) is 0 Å². The average Bonchev–Trinajstić information content (AvgIpc) is 2.29. The predicted molar refractivity (Wildman–Crippen MR) is 72.5 cm³/mol. The Labute approximate surface area is 113 Å². The molecule has 0 aliphatic carbocycles. The molecule has 4 nitrogen and oxygen atoms in total. The highest BCUT2D eigenvalue weighted by Crippen LogP contribution is 2.27. The number of unbranched alkanes of at least 4 members (excludes halogenated alkanes) is 3. The van der Waals surface area contributed by atoms with Crippen molar-refractivity contribution in [2.75, 3.05) is 6.61 Å². The first kappa shape index (κ1) is 15.3. The van der Waals surface area contributed by atoms with E-state index in [4.69, 9.17) is 21.5 Å². The van der Waals surface area contributed by atoms with Crippen LogP contribution in [0.3, 0.4) is 0 Å². The molecular weight excluding hydrogens is 274 g/mol. The third-order valence-electron chi connectivity index (χ3n) is 2.49. The lowest BCUT2D eigenvalue weighted by molar-refractivity contribution is 0.305. The molecule has 0 fully saturated rings. The van der Waals surface area contributed by atoms with Crippen LogP contribution in [0.1, 0.15) is 32.6 Å². The molecule has 1 aromatic rings. The van der Waals surface area contributed by atoms with Gasteiger partial charge in [-0.25, -0.2) is 13.6 Å². The van der Waals surface area contributed by atoms with Crippen LogP contribution in [0.4, 0.5) is 0 Å². The molecule has 0 radical (unpaired) electrons. The van der Waals surface area contributed by atoms with Gasteiger partial charge in [-0.2, -0.15) is 0 Å². The van der Waals surface area contributed by atoms with E-state index < -0.39 is 10.0 Å². The maximum absolute atomic E-state index is 11.1. The van der Waals surface area contributed by atoms with Gasteiger partial charge in [-0.05, 0) is 24.6 Å². The van der Waals surface area contributed by atoms with E-state index in [1.165, 1.54) is 31.0 Å². The van der Waals surface area contributed by atoms with Gasteiger partial charge in [0.25, 0.3) is 0 Å². The van der Waals surface area contributed by atoms with Crippen LogP contribution < -0.4 is 9.88 Å². The van der Waals surface area contributed by atoms with Crippen molar-refractivity contribution in [1.82, 2.24) is 0 Å². The Morgan fingerprint density at radius 2 is 2.00 bits per heavy atom. The fraction of sp³-hybridized carbons (Fsp3) is 0.500. The Kier molecular flexibility index (Phi) is 5.91. The van der Waals surface area contributed by atoms with Gasteiger partial charge < -0.3 is 4.74 Å². The van der Waals surface area contributed by atoms with Gasteiger partial charge in [0, 0.05) is 0 Å². The van der Waals surface area contributed by atoms with Crippen LogP contribution in [0.5, 0.6) is 5.75 Å². The monoisotopic (exact) mass is 291 g/mol. The average molecular weight is 292 g/mol. The van der Waals surface area contributed by atoms with Crippen molar-refractivity contribution in [1.29, 1.82) is 0 Å². The summed E-state index contributed by atoms with van der Waals surface area (Å²) in [6.07, 6.45) is 4.43. The van der Waals surface area contributed by atoms with Crippen LogP contribution in [0.25, 0.3) is 0 Å². The van der Waals surface area contributed by atoms with Gasteiger partial charge in [-0.1, -0.05) is 37.8 Å². The van der Waals surface area contributed by atoms with E-state index in [9.17, 15) is 8.42 Å². The van der Waals surface area contributed by atoms with Gasteiger partial charge in [0.05, 0.1) is 16.5 Å². The molecule has 0 unspecified atom stereocenters. The Hall–Kier alpha value is -0.780. The van der Waals surface area contributed by atoms with Crippen molar-refractivity contribution in [3.05, 3.63) is 23.2 Å². The van der Waals surface area contributed by atoms with E-state index in [1.807, 2.05) is 0 Å². The van der Waals surface area contributed by atoms with Crippen molar-refractivity contribution >= 4 is 21.6 Å². The number of rotatable bonds is 7. The van der Waals surface area contributed by atoms with E-state index in [0.29, 0.717) is 12.4 Å². The van der Waals surface area contributed by atoms with Crippen LogP contribution in [0.15, 0.2) is 23.1 Å².